The molecule has 2 nitrogen and oxygen atoms in total. The second kappa shape index (κ2) is 3.12. The van der Waals surface area contributed by atoms with Gasteiger partial charge in [-0.1, -0.05) is 0 Å². The normalized spacial score (nSPS) is 31.2. The van der Waals surface area contributed by atoms with Gasteiger partial charge in [-0.15, -0.1) is 0 Å². The Kier molecular flexibility index (Phi) is 0.525. The van der Waals surface area contributed by atoms with E-state index in [4.69, 9.17) is 9.60 Å². The molecule has 0 aliphatic carbocycles. The summed E-state index contributed by atoms with van der Waals surface area (Å²) < 4.78 is 55.0. The first kappa shape index (κ1) is 1.01. The molecule has 0 amide bonds. The molecule has 6 heavy (non-hydrogen) atoms. The standard InChI is InChI=1S/C4H10O2/c1-4(5-2)6-3/h4H,1-3H3/i1D,2D3,3D3. The molecule has 0 aromatic carbocycles. The molecule has 0 atom stereocenters. The summed E-state index contributed by atoms with van der Waals surface area (Å²) in [5.74, 6) is 0. The van der Waals surface area contributed by atoms with Crippen LogP contribution in [0, 0.1) is 0 Å². The van der Waals surface area contributed by atoms with Crippen molar-refractivity contribution in [2.24, 2.45) is 0 Å². The second-order valence-electron chi connectivity index (χ2n) is 0.665. The summed E-state index contributed by atoms with van der Waals surface area (Å²) in [5.41, 5.74) is 0. The Hall–Kier alpha value is -0.0800. The summed E-state index contributed by atoms with van der Waals surface area (Å²) in [6, 6.07) is 0. The molecule has 0 aromatic rings. The van der Waals surface area contributed by atoms with Crippen LogP contribution in [0.15, 0.2) is 0 Å². The van der Waals surface area contributed by atoms with Gasteiger partial charge in [0.15, 0.2) is 6.29 Å². The van der Waals surface area contributed by atoms with Crippen molar-refractivity contribution in [2.75, 3.05) is 14.1 Å². The third kappa shape index (κ3) is 2.18. The average molecular weight is 97.2 g/mol. The highest BCUT2D eigenvalue weighted by atomic mass is 16.7. The lowest BCUT2D eigenvalue weighted by Crippen LogP contribution is -2.05. The van der Waals surface area contributed by atoms with Gasteiger partial charge in [0.25, 0.3) is 0 Å². The Labute approximate surface area is 47.9 Å². The van der Waals surface area contributed by atoms with Crippen molar-refractivity contribution in [3.8, 4) is 0 Å². The third-order valence-corrected chi connectivity index (χ3v) is 0.263. The Balaban J connectivity index is 4.05. The predicted molar refractivity (Wildman–Crippen MR) is 23.5 cm³/mol. The fourth-order valence-electron chi connectivity index (χ4n) is 0.0241. The van der Waals surface area contributed by atoms with Gasteiger partial charge in [-0.3, -0.25) is 0 Å². The van der Waals surface area contributed by atoms with Gasteiger partial charge >= 0.3 is 0 Å². The minimum absolute atomic E-state index is 0.587. The van der Waals surface area contributed by atoms with Crippen LogP contribution in [-0.2, 0) is 9.47 Å². The lowest BCUT2D eigenvalue weighted by atomic mass is 10.8. The number of hydrogen-bond acceptors (Lipinski definition) is 2. The maximum atomic E-state index is 6.77. The maximum Gasteiger partial charge on any atom is 0.154 e. The number of rotatable bonds is 2. The fourth-order valence-corrected chi connectivity index (χ4v) is 0.0241. The fraction of sp³-hybridized carbons (Fsp3) is 1.00. The molecule has 0 unspecified atom stereocenters. The monoisotopic (exact) mass is 97.1 g/mol. The largest absolute Gasteiger partial charge is 0.356 e. The van der Waals surface area contributed by atoms with Crippen LogP contribution >= 0.6 is 0 Å². The summed E-state index contributed by atoms with van der Waals surface area (Å²) in [5, 5.41) is 0. The van der Waals surface area contributed by atoms with Crippen molar-refractivity contribution in [1.29, 1.82) is 0 Å². The SMILES string of the molecule is [2H]CC(OC([2H])([2H])[2H])OC([2H])([2H])[2H]. The van der Waals surface area contributed by atoms with Gasteiger partial charge in [-0.25, -0.2) is 0 Å². The number of ether oxygens (including phenoxy) is 2. The van der Waals surface area contributed by atoms with Gasteiger partial charge in [0.1, 0.15) is 0 Å². The van der Waals surface area contributed by atoms with Crippen molar-refractivity contribution >= 4 is 0 Å². The molecular weight excluding hydrogens is 80.0 g/mol. The zero-order valence-electron chi connectivity index (χ0n) is 10.1. The number of methoxy groups -OCH3 is 2. The molecule has 0 saturated carbocycles. The molecule has 0 aliphatic rings. The Morgan fingerprint density at radius 1 is 1.50 bits per heavy atom. The van der Waals surface area contributed by atoms with Crippen LogP contribution in [0.25, 0.3) is 0 Å². The van der Waals surface area contributed by atoms with Gasteiger partial charge in [-0.2, -0.15) is 0 Å². The first-order valence-corrected chi connectivity index (χ1v) is 1.29. The first-order chi connectivity index (χ1) is 5.64. The zero-order chi connectivity index (χ0) is 10.7. The Bertz CT molecular complexity index is 134. The summed E-state index contributed by atoms with van der Waals surface area (Å²) in [6.45, 7) is -0.587. The van der Waals surface area contributed by atoms with Gasteiger partial charge in [0.05, 0.1) is 8.22 Å². The highest BCUT2D eigenvalue weighted by Gasteiger charge is 1.87. The van der Waals surface area contributed by atoms with Crippen molar-refractivity contribution < 1.29 is 19.1 Å². The predicted octanol–water partition coefficient (Wildman–Crippen LogP) is 0.625. The van der Waals surface area contributed by atoms with Crippen molar-refractivity contribution in [2.45, 2.75) is 13.2 Å². The van der Waals surface area contributed by atoms with Crippen LogP contribution in [0.5, 0.6) is 0 Å². The molecule has 0 heterocycles. The molecule has 2 heteroatoms. The Morgan fingerprint density at radius 2 is 2.17 bits per heavy atom. The van der Waals surface area contributed by atoms with E-state index in [2.05, 4.69) is 9.47 Å². The van der Waals surface area contributed by atoms with Crippen molar-refractivity contribution in [3.05, 3.63) is 0 Å². The van der Waals surface area contributed by atoms with E-state index in [9.17, 15) is 0 Å². The molecular formula is C4H10O2. The van der Waals surface area contributed by atoms with Crippen LogP contribution in [0.3, 0.4) is 0 Å². The molecule has 0 aromatic heterocycles. The minimum atomic E-state index is -2.75. The van der Waals surface area contributed by atoms with Crippen LogP contribution in [0.4, 0.5) is 0 Å². The van der Waals surface area contributed by atoms with Crippen molar-refractivity contribution in [1.82, 2.24) is 0 Å². The summed E-state index contributed by atoms with van der Waals surface area (Å²) >= 11 is 0. The zero-order valence-corrected chi connectivity index (χ0v) is 3.10. The highest BCUT2D eigenvalue weighted by Crippen LogP contribution is 1.82. The first-order valence-electron chi connectivity index (χ1n) is 5.00. The van der Waals surface area contributed by atoms with E-state index >= 15 is 0 Å². The van der Waals surface area contributed by atoms with Gasteiger partial charge in [0.2, 0.25) is 0 Å². The Morgan fingerprint density at radius 3 is 2.50 bits per heavy atom. The molecule has 0 spiro atoms. The molecule has 0 aliphatic heterocycles. The van der Waals surface area contributed by atoms with Crippen LogP contribution in [-0.4, -0.2) is 20.4 Å². The van der Waals surface area contributed by atoms with Crippen molar-refractivity contribution in [3.63, 3.8) is 0 Å². The summed E-state index contributed by atoms with van der Waals surface area (Å²) in [6.07, 6.45) is -1.56. The van der Waals surface area contributed by atoms with E-state index in [0.29, 0.717) is 0 Å². The van der Waals surface area contributed by atoms with Crippen LogP contribution in [0.1, 0.15) is 16.5 Å². The molecule has 0 N–H and O–H groups in total. The van der Waals surface area contributed by atoms with E-state index in [1.807, 2.05) is 0 Å². The third-order valence-electron chi connectivity index (χ3n) is 0.263. The van der Waals surface area contributed by atoms with Gasteiger partial charge in [0, 0.05) is 15.4 Å². The van der Waals surface area contributed by atoms with Crippen LogP contribution in [0.2, 0.25) is 0 Å². The molecule has 38 valence electrons. The lowest BCUT2D eigenvalue weighted by Gasteiger charge is -2.03. The van der Waals surface area contributed by atoms with Gasteiger partial charge in [-0.05, 0) is 6.90 Å². The molecule has 0 saturated heterocycles. The van der Waals surface area contributed by atoms with E-state index in [-0.39, 0.29) is 0 Å². The van der Waals surface area contributed by atoms with E-state index in [0.717, 1.165) is 0 Å². The summed E-state index contributed by atoms with van der Waals surface area (Å²) in [4.78, 5) is 0. The topological polar surface area (TPSA) is 18.5 Å². The average Bonchev–Trinajstić information content (AvgIpc) is 1.79. The molecule has 0 bridgehead atoms. The van der Waals surface area contributed by atoms with E-state index in [1.165, 1.54) is 0 Å². The second-order valence-corrected chi connectivity index (χ2v) is 0.665. The maximum absolute atomic E-state index is 6.77. The molecule has 0 radical (unpaired) electrons. The quantitative estimate of drug-likeness (QED) is 0.470. The van der Waals surface area contributed by atoms with Gasteiger partial charge < -0.3 is 9.47 Å². The minimum Gasteiger partial charge on any atom is -0.356 e. The van der Waals surface area contributed by atoms with E-state index in [1.54, 1.807) is 0 Å². The molecule has 0 fully saturated rings. The number of hydrogen-bond donors (Lipinski definition) is 0. The highest BCUT2D eigenvalue weighted by molar-refractivity contribution is 4.17. The van der Waals surface area contributed by atoms with Crippen LogP contribution < -0.4 is 0 Å². The molecule has 0 rings (SSSR count). The van der Waals surface area contributed by atoms with E-state index < -0.39 is 27.3 Å². The summed E-state index contributed by atoms with van der Waals surface area (Å²) in [7, 11) is -5.51. The lowest BCUT2D eigenvalue weighted by molar-refractivity contribution is -0.0877. The smallest absolute Gasteiger partial charge is 0.154 e.